The molecule has 10 nitrogen and oxygen atoms in total. The molecule has 0 bridgehead atoms. The second-order valence-electron chi connectivity index (χ2n) is 6.84. The molecule has 2 heterocycles. The lowest BCUT2D eigenvalue weighted by Gasteiger charge is -2.49. The number of β-lactam (4-membered cyclic amide) rings is 1. The van der Waals surface area contributed by atoms with Crippen LogP contribution in [-0.2, 0) is 20.1 Å². The van der Waals surface area contributed by atoms with Gasteiger partial charge in [0.1, 0.15) is 28.9 Å². The van der Waals surface area contributed by atoms with E-state index in [4.69, 9.17) is 16.9 Å². The molecule has 0 aromatic heterocycles. The standard InChI is InChI=1S/C18H21N5O5S2.2ClH/c1-7-5-29-16-12(15(26)23(16)13(7)17(27)28)22-14(25)11(19)10-3-2-9(24)4-8(10)6-30-18(20)21;;/h2-4,11-12,16,24H,5-6,19H2,1H3,(H3,20,21)(H,22,25)(H,27,28);2*1H. The number of nitrogens with one attached hydrogen (secondary N) is 2. The number of nitrogens with two attached hydrogens (primary N) is 2. The number of phenolic OH excluding ortho intramolecular Hbond substituents is 1. The maximum absolute atomic E-state index is 12.7. The van der Waals surface area contributed by atoms with Gasteiger partial charge in [0.2, 0.25) is 5.91 Å². The summed E-state index contributed by atoms with van der Waals surface area (Å²) in [4.78, 5) is 37.9. The molecule has 1 aromatic rings. The Morgan fingerprint density at radius 2 is 2.06 bits per heavy atom. The number of amidine groups is 1. The maximum Gasteiger partial charge on any atom is 0.352 e. The minimum atomic E-state index is -1.18. The number of amides is 2. The minimum Gasteiger partial charge on any atom is -0.508 e. The highest BCUT2D eigenvalue weighted by Gasteiger charge is 2.54. The van der Waals surface area contributed by atoms with Crippen LogP contribution in [0.4, 0.5) is 0 Å². The van der Waals surface area contributed by atoms with Crippen LogP contribution in [0.15, 0.2) is 29.5 Å². The molecule has 3 unspecified atom stereocenters. The predicted octanol–water partition coefficient (Wildman–Crippen LogP) is 1.12. The van der Waals surface area contributed by atoms with Gasteiger partial charge in [-0.3, -0.25) is 19.9 Å². The number of hydrogen-bond donors (Lipinski definition) is 6. The summed E-state index contributed by atoms with van der Waals surface area (Å²) >= 11 is 2.40. The fraction of sp³-hybridized carbons (Fsp3) is 0.333. The Morgan fingerprint density at radius 1 is 1.41 bits per heavy atom. The predicted molar refractivity (Wildman–Crippen MR) is 128 cm³/mol. The summed E-state index contributed by atoms with van der Waals surface area (Å²) in [5, 5.41) is 28.4. The molecule has 0 spiro atoms. The number of carbonyl (C=O) groups is 3. The third-order valence-corrected chi connectivity index (χ3v) is 6.98. The smallest absolute Gasteiger partial charge is 0.352 e. The van der Waals surface area contributed by atoms with E-state index in [1.165, 1.54) is 34.9 Å². The fourth-order valence-corrected chi connectivity index (χ4v) is 5.19. The molecule has 0 saturated carbocycles. The summed E-state index contributed by atoms with van der Waals surface area (Å²) < 4.78 is 0. The number of benzene rings is 1. The van der Waals surface area contributed by atoms with Gasteiger partial charge >= 0.3 is 5.97 Å². The fourth-order valence-electron chi connectivity index (χ4n) is 3.34. The Hall–Kier alpha value is -2.12. The zero-order valence-electron chi connectivity index (χ0n) is 16.7. The average Bonchev–Trinajstić information content (AvgIpc) is 2.69. The molecule has 2 amide bonds. The molecule has 32 heavy (non-hydrogen) atoms. The third-order valence-electron chi connectivity index (χ3n) is 4.79. The van der Waals surface area contributed by atoms with Crippen molar-refractivity contribution >= 4 is 71.3 Å². The molecule has 14 heteroatoms. The summed E-state index contributed by atoms with van der Waals surface area (Å²) in [5.41, 5.74) is 13.0. The molecule has 176 valence electrons. The Kier molecular flexibility index (Phi) is 9.72. The summed E-state index contributed by atoms with van der Waals surface area (Å²) in [6, 6.07) is 2.35. The number of rotatable bonds is 6. The maximum atomic E-state index is 12.7. The average molecular weight is 524 g/mol. The van der Waals surface area contributed by atoms with Crippen LogP contribution in [0.1, 0.15) is 24.1 Å². The number of phenols is 1. The molecule has 3 atom stereocenters. The van der Waals surface area contributed by atoms with Crippen LogP contribution in [0.5, 0.6) is 5.75 Å². The Balaban J connectivity index is 0.00000256. The van der Waals surface area contributed by atoms with Crippen LogP contribution < -0.4 is 16.8 Å². The van der Waals surface area contributed by atoms with Crippen molar-refractivity contribution in [2.75, 3.05) is 5.75 Å². The summed E-state index contributed by atoms with van der Waals surface area (Å²) in [5.74, 6) is -1.61. The molecular formula is C18H23Cl2N5O5S2. The largest absolute Gasteiger partial charge is 0.508 e. The third kappa shape index (κ3) is 5.44. The van der Waals surface area contributed by atoms with Gasteiger partial charge in [-0.1, -0.05) is 17.8 Å². The number of carbonyl (C=O) groups excluding carboxylic acids is 2. The molecular weight excluding hydrogens is 501 g/mol. The highest BCUT2D eigenvalue weighted by molar-refractivity contribution is 8.13. The Morgan fingerprint density at radius 3 is 2.66 bits per heavy atom. The van der Waals surface area contributed by atoms with E-state index >= 15 is 0 Å². The summed E-state index contributed by atoms with van der Waals surface area (Å²) in [6.07, 6.45) is 0. The SMILES string of the molecule is CC1=C(C(=O)O)N2C(=O)C(NC(=O)C(N)c3ccc(O)cc3CSC(=N)N)C2SC1.Cl.Cl. The lowest BCUT2D eigenvalue weighted by atomic mass is 9.99. The molecule has 0 radical (unpaired) electrons. The zero-order valence-corrected chi connectivity index (χ0v) is 20.0. The Labute approximate surface area is 204 Å². The van der Waals surface area contributed by atoms with Crippen molar-refractivity contribution in [3.63, 3.8) is 0 Å². The number of carboxylic acid groups (broad SMARTS) is 1. The topological polar surface area (TPSA) is 183 Å². The highest BCUT2D eigenvalue weighted by atomic mass is 35.5. The van der Waals surface area contributed by atoms with Gasteiger partial charge in [0.15, 0.2) is 5.17 Å². The van der Waals surface area contributed by atoms with Gasteiger partial charge in [0.05, 0.1) is 0 Å². The highest BCUT2D eigenvalue weighted by Crippen LogP contribution is 2.40. The minimum absolute atomic E-state index is 0. The van der Waals surface area contributed by atoms with Gasteiger partial charge in [-0.15, -0.1) is 36.6 Å². The van der Waals surface area contributed by atoms with Gasteiger partial charge in [0, 0.05) is 11.5 Å². The zero-order chi connectivity index (χ0) is 22.2. The monoisotopic (exact) mass is 523 g/mol. The van der Waals surface area contributed by atoms with E-state index in [-0.39, 0.29) is 47.2 Å². The second kappa shape index (κ2) is 11.1. The first-order chi connectivity index (χ1) is 14.1. The van der Waals surface area contributed by atoms with Crippen molar-refractivity contribution in [2.24, 2.45) is 11.5 Å². The number of halogens is 2. The summed E-state index contributed by atoms with van der Waals surface area (Å²) in [6.45, 7) is 1.66. The van der Waals surface area contributed by atoms with Gasteiger partial charge < -0.3 is 27.0 Å². The first-order valence-electron chi connectivity index (χ1n) is 8.84. The van der Waals surface area contributed by atoms with Crippen LogP contribution in [0, 0.1) is 5.41 Å². The molecule has 8 N–H and O–H groups in total. The van der Waals surface area contributed by atoms with Crippen molar-refractivity contribution in [2.45, 2.75) is 30.1 Å². The van der Waals surface area contributed by atoms with Crippen LogP contribution in [0.25, 0.3) is 0 Å². The first kappa shape index (κ1) is 27.9. The lowest BCUT2D eigenvalue weighted by Crippen LogP contribution is -2.71. The molecule has 2 aliphatic rings. The van der Waals surface area contributed by atoms with Crippen LogP contribution in [0.3, 0.4) is 0 Å². The van der Waals surface area contributed by atoms with Crippen LogP contribution >= 0.6 is 48.3 Å². The molecule has 1 saturated heterocycles. The number of hydrogen-bond acceptors (Lipinski definition) is 8. The van der Waals surface area contributed by atoms with E-state index in [1.807, 2.05) is 0 Å². The van der Waals surface area contributed by atoms with E-state index in [9.17, 15) is 24.6 Å². The van der Waals surface area contributed by atoms with E-state index in [0.29, 0.717) is 22.5 Å². The number of nitrogens with zero attached hydrogens (tertiary/aromatic N) is 1. The summed E-state index contributed by atoms with van der Waals surface area (Å²) in [7, 11) is 0. The number of thioether (sulfide) groups is 2. The van der Waals surface area contributed by atoms with Crippen LogP contribution in [0.2, 0.25) is 0 Å². The number of carboxylic acids is 1. The lowest BCUT2D eigenvalue weighted by molar-refractivity contribution is -0.150. The van der Waals surface area contributed by atoms with Crippen molar-refractivity contribution in [3.05, 3.63) is 40.6 Å². The molecule has 1 fully saturated rings. The van der Waals surface area contributed by atoms with Gasteiger partial charge in [-0.25, -0.2) is 4.79 Å². The van der Waals surface area contributed by atoms with Gasteiger partial charge in [-0.05, 0) is 35.8 Å². The van der Waals surface area contributed by atoms with Crippen molar-refractivity contribution in [1.29, 1.82) is 5.41 Å². The first-order valence-corrected chi connectivity index (χ1v) is 10.9. The van der Waals surface area contributed by atoms with E-state index < -0.39 is 35.2 Å². The van der Waals surface area contributed by atoms with E-state index in [1.54, 1.807) is 6.92 Å². The number of aliphatic carboxylic acids is 1. The molecule has 0 aliphatic carbocycles. The second-order valence-corrected chi connectivity index (χ2v) is 8.97. The van der Waals surface area contributed by atoms with E-state index in [0.717, 1.165) is 11.8 Å². The normalized spacial score (nSPS) is 20.2. The molecule has 1 aromatic carbocycles. The van der Waals surface area contributed by atoms with Crippen molar-refractivity contribution in [3.8, 4) is 5.75 Å². The quantitative estimate of drug-likeness (QED) is 0.180. The van der Waals surface area contributed by atoms with Crippen molar-refractivity contribution in [1.82, 2.24) is 10.2 Å². The molecule has 3 rings (SSSR count). The van der Waals surface area contributed by atoms with Gasteiger partial charge in [-0.2, -0.15) is 0 Å². The van der Waals surface area contributed by atoms with E-state index in [2.05, 4.69) is 5.32 Å². The van der Waals surface area contributed by atoms with Gasteiger partial charge in [0.25, 0.3) is 5.91 Å². The molecule has 2 aliphatic heterocycles. The van der Waals surface area contributed by atoms with Crippen LogP contribution in [-0.4, -0.2) is 55.2 Å². The van der Waals surface area contributed by atoms with Crippen molar-refractivity contribution < 1.29 is 24.6 Å². The number of aromatic hydroxyl groups is 1. The Bertz CT molecular complexity index is 977. The number of fused-ring (bicyclic) bond motifs is 1.